The van der Waals surface area contributed by atoms with E-state index in [2.05, 4.69) is 10.6 Å². The van der Waals surface area contributed by atoms with Crippen molar-refractivity contribution in [2.24, 2.45) is 0 Å². The number of ether oxygens (including phenoxy) is 3. The largest absolute Gasteiger partial charge is 0.394 e. The van der Waals surface area contributed by atoms with Crippen LogP contribution < -0.4 is 10.6 Å². The Morgan fingerprint density at radius 1 is 0.828 bits per heavy atom. The van der Waals surface area contributed by atoms with Crippen molar-refractivity contribution in [3.05, 3.63) is 0 Å². The molecule has 2 aliphatic heterocycles. The lowest BCUT2D eigenvalue weighted by Gasteiger charge is -2.47. The Labute approximate surface area is 166 Å². The molecular weight excluding hydrogens is 396 g/mol. The third-order valence-electron chi connectivity index (χ3n) is 4.78. The third-order valence-corrected chi connectivity index (χ3v) is 4.78. The van der Waals surface area contributed by atoms with Crippen LogP contribution in [-0.4, -0.2) is 117 Å². The number of aliphatic hydroxyl groups is 6. The van der Waals surface area contributed by atoms with Crippen LogP contribution in [0.4, 0.5) is 0 Å². The lowest BCUT2D eigenvalue weighted by molar-refractivity contribution is -0.327. The molecule has 0 bridgehead atoms. The number of hydrogen-bond donors (Lipinski definition) is 8. The molecule has 0 radical (unpaired) electrons. The van der Waals surface area contributed by atoms with Gasteiger partial charge in [0, 0.05) is 13.8 Å². The first-order valence-corrected chi connectivity index (χ1v) is 9.05. The standard InChI is InChI=1S/C16H28N2O11/c1-5(21)17-9-13(25)14(8(4-20)27-15(9)26)29-16-10(18-6(2)22)12(24)11(23)7(3-19)28-16/h7-16,19-20,23-26H,3-4H2,1-2H3,(H,17,21)(H,18,22)/t7-,8+,9+,10-,11+,12-,13+,14+,15-,16+/m0/s1. The summed E-state index contributed by atoms with van der Waals surface area (Å²) in [6.07, 6.45) is -11.7. The van der Waals surface area contributed by atoms with E-state index in [1.165, 1.54) is 0 Å². The lowest BCUT2D eigenvalue weighted by atomic mass is 9.94. The van der Waals surface area contributed by atoms with Gasteiger partial charge in [0.1, 0.15) is 48.7 Å². The quantitative estimate of drug-likeness (QED) is 0.202. The topological polar surface area (TPSA) is 207 Å². The molecule has 0 aromatic rings. The molecule has 13 nitrogen and oxygen atoms in total. The van der Waals surface area contributed by atoms with Gasteiger partial charge < -0.3 is 55.5 Å². The van der Waals surface area contributed by atoms with Crippen LogP contribution in [0.3, 0.4) is 0 Å². The van der Waals surface area contributed by atoms with Crippen LogP contribution in [0.1, 0.15) is 13.8 Å². The summed E-state index contributed by atoms with van der Waals surface area (Å²) in [5, 5.41) is 64.5. The van der Waals surface area contributed by atoms with Gasteiger partial charge in [-0.2, -0.15) is 0 Å². The van der Waals surface area contributed by atoms with Crippen molar-refractivity contribution in [2.45, 2.75) is 75.1 Å². The van der Waals surface area contributed by atoms with E-state index in [9.17, 15) is 40.2 Å². The number of carbonyl (C=O) groups is 2. The summed E-state index contributed by atoms with van der Waals surface area (Å²) in [5.41, 5.74) is 0. The second-order valence-electron chi connectivity index (χ2n) is 7.00. The maximum Gasteiger partial charge on any atom is 0.217 e. The molecule has 0 aromatic carbocycles. The van der Waals surface area contributed by atoms with Crippen LogP contribution >= 0.6 is 0 Å². The molecule has 13 heteroatoms. The zero-order chi connectivity index (χ0) is 21.9. The average Bonchev–Trinajstić information content (AvgIpc) is 2.65. The van der Waals surface area contributed by atoms with Gasteiger partial charge in [-0.25, -0.2) is 0 Å². The highest BCUT2D eigenvalue weighted by Crippen LogP contribution is 2.28. The third kappa shape index (κ3) is 5.39. The molecule has 0 aliphatic carbocycles. The predicted molar refractivity (Wildman–Crippen MR) is 91.8 cm³/mol. The second kappa shape index (κ2) is 10.1. The van der Waals surface area contributed by atoms with Crippen LogP contribution in [0.5, 0.6) is 0 Å². The first kappa shape index (κ1) is 23.9. The molecule has 2 aliphatic rings. The Balaban J connectivity index is 2.26. The molecule has 0 spiro atoms. The number of hydrogen-bond acceptors (Lipinski definition) is 11. The van der Waals surface area contributed by atoms with E-state index in [1.807, 2.05) is 0 Å². The van der Waals surface area contributed by atoms with Crippen molar-refractivity contribution in [1.82, 2.24) is 10.6 Å². The van der Waals surface area contributed by atoms with E-state index in [-0.39, 0.29) is 0 Å². The smallest absolute Gasteiger partial charge is 0.217 e. The minimum absolute atomic E-state index is 0.568. The van der Waals surface area contributed by atoms with Crippen molar-refractivity contribution in [3.8, 4) is 0 Å². The molecular formula is C16H28N2O11. The predicted octanol–water partition coefficient (Wildman–Crippen LogP) is -5.11. The molecule has 2 rings (SSSR count). The fourth-order valence-corrected chi connectivity index (χ4v) is 3.38. The van der Waals surface area contributed by atoms with Gasteiger partial charge in [-0.05, 0) is 0 Å². The van der Waals surface area contributed by atoms with Gasteiger partial charge in [0.15, 0.2) is 12.6 Å². The highest BCUT2D eigenvalue weighted by Gasteiger charge is 2.51. The Morgan fingerprint density at radius 3 is 1.90 bits per heavy atom. The molecule has 2 fully saturated rings. The van der Waals surface area contributed by atoms with Crippen molar-refractivity contribution in [1.29, 1.82) is 0 Å². The molecule has 0 aromatic heterocycles. The van der Waals surface area contributed by atoms with Crippen molar-refractivity contribution in [2.75, 3.05) is 13.2 Å². The summed E-state index contributed by atoms with van der Waals surface area (Å²) in [7, 11) is 0. The monoisotopic (exact) mass is 424 g/mol. The molecule has 2 amide bonds. The number of amides is 2. The van der Waals surface area contributed by atoms with E-state index in [4.69, 9.17) is 14.2 Å². The van der Waals surface area contributed by atoms with Gasteiger partial charge in [-0.1, -0.05) is 0 Å². The lowest BCUT2D eigenvalue weighted by Crippen LogP contribution is -2.69. The summed E-state index contributed by atoms with van der Waals surface area (Å²) in [5.74, 6) is -1.14. The zero-order valence-electron chi connectivity index (χ0n) is 15.9. The van der Waals surface area contributed by atoms with Crippen LogP contribution in [-0.2, 0) is 23.8 Å². The van der Waals surface area contributed by atoms with Gasteiger partial charge in [-0.15, -0.1) is 0 Å². The van der Waals surface area contributed by atoms with Crippen molar-refractivity contribution < 1.29 is 54.4 Å². The first-order valence-electron chi connectivity index (χ1n) is 9.05. The van der Waals surface area contributed by atoms with E-state index < -0.39 is 86.3 Å². The van der Waals surface area contributed by atoms with Crippen molar-refractivity contribution in [3.63, 3.8) is 0 Å². The van der Waals surface area contributed by atoms with E-state index in [0.29, 0.717) is 0 Å². The SMILES string of the molecule is CC(=O)N[C@@H]1[C@@H](O[C@H]2[C@H](O)[C@@H](NC(C)=O)[C@@H](O)O[C@@H]2CO)O[C@@H](CO)[C@@H](O)[C@H]1O. The van der Waals surface area contributed by atoms with Gasteiger partial charge in [0.05, 0.1) is 13.2 Å². The molecule has 29 heavy (non-hydrogen) atoms. The Morgan fingerprint density at radius 2 is 1.38 bits per heavy atom. The molecule has 2 saturated heterocycles. The zero-order valence-corrected chi connectivity index (χ0v) is 15.9. The molecule has 8 N–H and O–H groups in total. The summed E-state index contributed by atoms with van der Waals surface area (Å²) >= 11 is 0. The van der Waals surface area contributed by atoms with Crippen molar-refractivity contribution >= 4 is 11.8 Å². The van der Waals surface area contributed by atoms with Gasteiger partial charge in [0.2, 0.25) is 11.8 Å². The van der Waals surface area contributed by atoms with E-state index in [1.54, 1.807) is 0 Å². The summed E-state index contributed by atoms with van der Waals surface area (Å²) in [6, 6.07) is -2.59. The van der Waals surface area contributed by atoms with Crippen LogP contribution in [0, 0.1) is 0 Å². The Hall–Kier alpha value is -1.42. The second-order valence-corrected chi connectivity index (χ2v) is 7.00. The highest BCUT2D eigenvalue weighted by molar-refractivity contribution is 5.73. The molecule has 168 valence electrons. The minimum atomic E-state index is -1.64. The molecule has 0 saturated carbocycles. The average molecular weight is 424 g/mol. The summed E-state index contributed by atoms with van der Waals surface area (Å²) in [6.45, 7) is 0.962. The fourth-order valence-electron chi connectivity index (χ4n) is 3.38. The number of aliphatic hydroxyl groups excluding tert-OH is 6. The van der Waals surface area contributed by atoms with Crippen LogP contribution in [0.2, 0.25) is 0 Å². The maximum atomic E-state index is 11.5. The van der Waals surface area contributed by atoms with Gasteiger partial charge in [-0.3, -0.25) is 9.59 Å². The Kier molecular flexibility index (Phi) is 8.28. The first-order chi connectivity index (χ1) is 13.6. The maximum absolute atomic E-state index is 11.5. The van der Waals surface area contributed by atoms with Crippen LogP contribution in [0.15, 0.2) is 0 Å². The molecule has 10 atom stereocenters. The summed E-state index contributed by atoms with van der Waals surface area (Å²) in [4.78, 5) is 22.8. The van der Waals surface area contributed by atoms with Crippen LogP contribution in [0.25, 0.3) is 0 Å². The van der Waals surface area contributed by atoms with E-state index in [0.717, 1.165) is 13.8 Å². The molecule has 0 unspecified atom stereocenters. The fraction of sp³-hybridized carbons (Fsp3) is 0.875. The number of rotatable bonds is 6. The highest BCUT2D eigenvalue weighted by atomic mass is 16.7. The number of nitrogens with one attached hydrogen (secondary N) is 2. The minimum Gasteiger partial charge on any atom is -0.394 e. The Bertz CT molecular complexity index is 579. The number of carbonyl (C=O) groups excluding carboxylic acids is 2. The molecule has 2 heterocycles. The van der Waals surface area contributed by atoms with Gasteiger partial charge >= 0.3 is 0 Å². The van der Waals surface area contributed by atoms with E-state index >= 15 is 0 Å². The summed E-state index contributed by atoms with van der Waals surface area (Å²) < 4.78 is 16.3. The van der Waals surface area contributed by atoms with Gasteiger partial charge in [0.25, 0.3) is 0 Å². The normalized spacial score (nSPS) is 42.9.